The number of ketones is 1. The summed E-state index contributed by atoms with van der Waals surface area (Å²) in [4.78, 5) is 10.3. The molecule has 0 unspecified atom stereocenters. The fourth-order valence-electron chi connectivity index (χ4n) is 0.293. The summed E-state index contributed by atoms with van der Waals surface area (Å²) in [6.45, 7) is -1.97. The molecule has 0 saturated heterocycles. The Labute approximate surface area is 55.6 Å². The molecule has 4 heteroatoms. The maximum Gasteiger partial charge on any atom is 0.160 e. The average Bonchev–Trinajstić information content (AvgIpc) is 1.82. The van der Waals surface area contributed by atoms with Crippen molar-refractivity contribution >= 4 is 5.78 Å². The van der Waals surface area contributed by atoms with E-state index in [-0.39, 0.29) is 0 Å². The second kappa shape index (κ2) is 3.55. The SMILES string of the molecule is [2H]C([2H])(O)[C@@H](O)[C@H](O)C([13CH3])=O. The molecule has 0 rings (SSSR count). The van der Waals surface area contributed by atoms with Gasteiger partial charge in [0.1, 0.15) is 12.2 Å². The second-order valence-corrected chi connectivity index (χ2v) is 1.63. The topological polar surface area (TPSA) is 77.8 Å². The van der Waals surface area contributed by atoms with E-state index in [1.807, 2.05) is 0 Å². The van der Waals surface area contributed by atoms with Gasteiger partial charge in [0, 0.05) is 0 Å². The molecule has 0 aromatic carbocycles. The summed E-state index contributed by atoms with van der Waals surface area (Å²) in [6.07, 6.45) is -3.98. The second-order valence-electron chi connectivity index (χ2n) is 1.63. The third kappa shape index (κ3) is 2.55. The van der Waals surface area contributed by atoms with E-state index in [9.17, 15) is 4.79 Å². The maximum atomic E-state index is 10.3. The summed E-state index contributed by atoms with van der Waals surface area (Å²) in [7, 11) is 0. The van der Waals surface area contributed by atoms with Crippen LogP contribution in [-0.4, -0.2) is 39.9 Å². The number of hydrogen-bond donors (Lipinski definition) is 3. The molecule has 9 heavy (non-hydrogen) atoms. The van der Waals surface area contributed by atoms with Crippen LogP contribution in [0.5, 0.6) is 0 Å². The highest BCUT2D eigenvalue weighted by atomic mass is 16.4. The minimum atomic E-state index is -2.95. The van der Waals surface area contributed by atoms with E-state index in [4.69, 9.17) is 18.1 Å². The third-order valence-electron chi connectivity index (χ3n) is 0.848. The van der Waals surface area contributed by atoms with Crippen LogP contribution in [0.15, 0.2) is 0 Å². The number of rotatable bonds is 3. The summed E-state index contributed by atoms with van der Waals surface area (Å²) in [5.41, 5.74) is 0. The lowest BCUT2D eigenvalue weighted by Crippen LogP contribution is -2.34. The first-order valence-electron chi connectivity index (χ1n) is 3.35. The van der Waals surface area contributed by atoms with Crippen molar-refractivity contribution in [1.29, 1.82) is 0 Å². The quantitative estimate of drug-likeness (QED) is 0.405. The van der Waals surface area contributed by atoms with E-state index in [1.165, 1.54) is 0 Å². The summed E-state index contributed by atoms with van der Waals surface area (Å²) in [6, 6.07) is 0. The van der Waals surface area contributed by atoms with E-state index in [0.717, 1.165) is 6.92 Å². The van der Waals surface area contributed by atoms with Crippen LogP contribution in [0, 0.1) is 0 Å². The Bertz CT molecular complexity index is 153. The van der Waals surface area contributed by atoms with Gasteiger partial charge in [-0.3, -0.25) is 4.79 Å². The van der Waals surface area contributed by atoms with Crippen LogP contribution >= 0.6 is 0 Å². The molecule has 0 aromatic heterocycles. The summed E-state index contributed by atoms with van der Waals surface area (Å²) < 4.78 is 13.0. The standard InChI is InChI=1S/C5H10O4/c1-3(7)5(9)4(8)2-6/h4-6,8-9H,2H2,1H3/t4-,5-/m1/s1/i1+1,2D2. The van der Waals surface area contributed by atoms with Crippen molar-refractivity contribution < 1.29 is 22.9 Å². The minimum absolute atomic E-state index is 0.796. The number of Topliss-reactive ketones (excluding diaryl/α,β-unsaturated/α-hetero) is 1. The van der Waals surface area contributed by atoms with Crippen molar-refractivity contribution in [3.8, 4) is 0 Å². The first-order valence-corrected chi connectivity index (χ1v) is 2.35. The van der Waals surface area contributed by atoms with Crippen LogP contribution in [0.1, 0.15) is 9.67 Å². The average molecular weight is 137 g/mol. The monoisotopic (exact) mass is 137 g/mol. The fraction of sp³-hybridized carbons (Fsp3) is 0.800. The summed E-state index contributed by atoms with van der Waals surface area (Å²) >= 11 is 0. The molecule has 3 N–H and O–H groups in total. The molecule has 0 aliphatic rings. The molecule has 0 radical (unpaired) electrons. The lowest BCUT2D eigenvalue weighted by molar-refractivity contribution is -0.132. The van der Waals surface area contributed by atoms with Gasteiger partial charge in [0.15, 0.2) is 5.78 Å². The Kier molecular flexibility index (Phi) is 2.11. The maximum absolute atomic E-state index is 10.3. The van der Waals surface area contributed by atoms with E-state index in [2.05, 4.69) is 0 Å². The summed E-state index contributed by atoms with van der Waals surface area (Å²) in [5.74, 6) is -0.796. The zero-order valence-electron chi connectivity index (χ0n) is 6.90. The largest absolute Gasteiger partial charge is 0.394 e. The van der Waals surface area contributed by atoms with Crippen molar-refractivity contribution in [1.82, 2.24) is 0 Å². The molecule has 0 saturated carbocycles. The normalized spacial score (nSPS) is 21.8. The van der Waals surface area contributed by atoms with Gasteiger partial charge in [0.2, 0.25) is 0 Å². The Morgan fingerprint density at radius 3 is 2.33 bits per heavy atom. The molecule has 0 fully saturated rings. The Hall–Kier alpha value is -0.450. The van der Waals surface area contributed by atoms with Gasteiger partial charge in [-0.1, -0.05) is 0 Å². The summed E-state index contributed by atoms with van der Waals surface area (Å²) in [5, 5.41) is 25.9. The van der Waals surface area contributed by atoms with Gasteiger partial charge >= 0.3 is 0 Å². The number of aliphatic hydroxyl groups is 3. The van der Waals surface area contributed by atoms with Gasteiger partial charge in [-0.2, -0.15) is 0 Å². The van der Waals surface area contributed by atoms with Gasteiger partial charge in [0.25, 0.3) is 0 Å². The zero-order valence-corrected chi connectivity index (χ0v) is 4.90. The van der Waals surface area contributed by atoms with Crippen LogP contribution < -0.4 is 0 Å². The third-order valence-corrected chi connectivity index (χ3v) is 0.848. The lowest BCUT2D eigenvalue weighted by Gasteiger charge is -2.10. The van der Waals surface area contributed by atoms with Crippen molar-refractivity contribution in [2.45, 2.75) is 19.1 Å². The van der Waals surface area contributed by atoms with Gasteiger partial charge in [-0.05, 0) is 6.92 Å². The molecule has 0 bridgehead atoms. The zero-order chi connectivity index (χ0) is 9.23. The molecular weight excluding hydrogens is 125 g/mol. The highest BCUT2D eigenvalue weighted by Gasteiger charge is 2.18. The van der Waals surface area contributed by atoms with Gasteiger partial charge in [0.05, 0.1) is 9.30 Å². The number of aliphatic hydroxyl groups excluding tert-OH is 2. The first kappa shape index (κ1) is 5.34. The van der Waals surface area contributed by atoms with Crippen molar-refractivity contribution in [2.24, 2.45) is 0 Å². The molecule has 4 nitrogen and oxygen atoms in total. The van der Waals surface area contributed by atoms with Crippen LogP contribution in [0.2, 0.25) is 0 Å². The van der Waals surface area contributed by atoms with Gasteiger partial charge in [-0.25, -0.2) is 0 Å². The number of carbonyl (C=O) groups excluding carboxylic acids is 1. The van der Waals surface area contributed by atoms with Crippen LogP contribution in [-0.2, 0) is 4.79 Å². The predicted octanol–water partition coefficient (Wildman–Crippen LogP) is -1.71. The molecule has 54 valence electrons. The smallest absolute Gasteiger partial charge is 0.160 e. The van der Waals surface area contributed by atoms with Crippen LogP contribution in [0.4, 0.5) is 0 Å². The minimum Gasteiger partial charge on any atom is -0.394 e. The molecular formula is C5H10O4. The van der Waals surface area contributed by atoms with Gasteiger partial charge in [-0.15, -0.1) is 0 Å². The molecule has 0 heterocycles. The molecule has 0 amide bonds. The van der Waals surface area contributed by atoms with Crippen molar-refractivity contribution in [3.05, 3.63) is 0 Å². The Balaban J connectivity index is 4.25. The molecule has 0 aliphatic carbocycles. The molecule has 0 spiro atoms. The highest BCUT2D eigenvalue weighted by Crippen LogP contribution is 1.92. The van der Waals surface area contributed by atoms with Crippen LogP contribution in [0.25, 0.3) is 0 Å². The lowest BCUT2D eigenvalue weighted by atomic mass is 10.2. The van der Waals surface area contributed by atoms with Crippen molar-refractivity contribution in [2.75, 3.05) is 6.56 Å². The van der Waals surface area contributed by atoms with Crippen LogP contribution in [0.3, 0.4) is 0 Å². The molecule has 0 aliphatic heterocycles. The number of hydrogen-bond acceptors (Lipinski definition) is 4. The highest BCUT2D eigenvalue weighted by molar-refractivity contribution is 5.80. The van der Waals surface area contributed by atoms with E-state index < -0.39 is 24.6 Å². The fourth-order valence-corrected chi connectivity index (χ4v) is 0.293. The van der Waals surface area contributed by atoms with E-state index in [0.29, 0.717) is 0 Å². The predicted molar refractivity (Wildman–Crippen MR) is 29.8 cm³/mol. The molecule has 0 aromatic rings. The van der Waals surface area contributed by atoms with E-state index in [1.54, 1.807) is 0 Å². The van der Waals surface area contributed by atoms with Gasteiger partial charge < -0.3 is 15.3 Å². The number of carbonyl (C=O) groups is 1. The van der Waals surface area contributed by atoms with E-state index >= 15 is 0 Å². The van der Waals surface area contributed by atoms with Crippen molar-refractivity contribution in [3.63, 3.8) is 0 Å². The Morgan fingerprint density at radius 1 is 1.78 bits per heavy atom. The molecule has 2 atom stereocenters. The first-order chi connectivity index (χ1) is 4.76. The Morgan fingerprint density at radius 2 is 2.22 bits per heavy atom.